The lowest BCUT2D eigenvalue weighted by atomic mass is 9.95. The van der Waals surface area contributed by atoms with E-state index in [-0.39, 0.29) is 29.9 Å². The van der Waals surface area contributed by atoms with Gasteiger partial charge in [0.1, 0.15) is 17.5 Å². The maximum Gasteiger partial charge on any atom is 0.252 e. The topological polar surface area (TPSA) is 86.3 Å². The van der Waals surface area contributed by atoms with Gasteiger partial charge >= 0.3 is 0 Å². The number of carbonyl (C=O) groups excluding carboxylic acids is 2. The largest absolute Gasteiger partial charge is 0.497 e. The number of hydrogen-bond donors (Lipinski definition) is 1. The average Bonchev–Trinajstić information content (AvgIpc) is 3.31. The number of amides is 2. The molecule has 1 aromatic carbocycles. The fraction of sp³-hybridized carbons (Fsp3) is 0.636. The first-order valence-corrected chi connectivity index (χ1v) is 10.5. The molecule has 2 aliphatic rings. The second kappa shape index (κ2) is 10.1. The Morgan fingerprint density at radius 1 is 1.10 bits per heavy atom. The van der Waals surface area contributed by atoms with Gasteiger partial charge in [-0.25, -0.2) is 0 Å². The number of rotatable bonds is 7. The third-order valence-corrected chi connectivity index (χ3v) is 5.63. The molecule has 1 aromatic rings. The highest BCUT2D eigenvalue weighted by molar-refractivity contribution is 5.98. The Bertz CT molecular complexity index is 725. The summed E-state index contributed by atoms with van der Waals surface area (Å²) in [4.78, 5) is 28.0. The normalized spacial score (nSPS) is 20.8. The first kappa shape index (κ1) is 22.4. The van der Waals surface area contributed by atoms with Crippen LogP contribution in [0.15, 0.2) is 18.2 Å². The molecule has 0 aromatic heterocycles. The Balaban J connectivity index is 1.70. The molecule has 2 aliphatic heterocycles. The van der Waals surface area contributed by atoms with E-state index in [0.29, 0.717) is 43.4 Å². The van der Waals surface area contributed by atoms with Crippen LogP contribution in [-0.2, 0) is 14.3 Å². The van der Waals surface area contributed by atoms with Crippen molar-refractivity contribution in [3.8, 4) is 11.5 Å². The molecule has 166 valence electrons. The van der Waals surface area contributed by atoms with Crippen molar-refractivity contribution in [3.05, 3.63) is 23.8 Å². The Hall–Kier alpha value is -2.32. The van der Waals surface area contributed by atoms with E-state index in [1.54, 1.807) is 18.2 Å². The summed E-state index contributed by atoms with van der Waals surface area (Å²) >= 11 is 0. The van der Waals surface area contributed by atoms with Crippen LogP contribution in [0.2, 0.25) is 0 Å². The van der Waals surface area contributed by atoms with Crippen molar-refractivity contribution >= 4 is 11.8 Å². The summed E-state index contributed by atoms with van der Waals surface area (Å²) in [6, 6.07) is 4.33. The Morgan fingerprint density at radius 3 is 2.30 bits per heavy atom. The van der Waals surface area contributed by atoms with E-state index in [1.165, 1.54) is 14.2 Å². The highest BCUT2D eigenvalue weighted by Crippen LogP contribution is 2.26. The number of ether oxygens (including phenoxy) is 4. The third-order valence-electron chi connectivity index (χ3n) is 5.63. The molecule has 2 fully saturated rings. The van der Waals surface area contributed by atoms with Gasteiger partial charge < -0.3 is 29.2 Å². The van der Waals surface area contributed by atoms with E-state index < -0.39 is 6.04 Å². The molecule has 1 N–H and O–H groups in total. The van der Waals surface area contributed by atoms with Gasteiger partial charge in [0.15, 0.2) is 6.29 Å². The fourth-order valence-electron chi connectivity index (χ4n) is 3.95. The molecule has 0 spiro atoms. The van der Waals surface area contributed by atoms with Gasteiger partial charge in [-0.3, -0.25) is 9.59 Å². The number of hydrogen-bond acceptors (Lipinski definition) is 6. The third kappa shape index (κ3) is 5.23. The first-order valence-electron chi connectivity index (χ1n) is 10.5. The molecule has 2 amide bonds. The molecule has 2 unspecified atom stereocenters. The standard InChI is InChI=1S/C22H32N2O6/c1-14(2)19(23-20(25)16-10-17(27-3)12-18(11-16)28-4)21(26)24-7-5-6-15(13-24)22-29-8-9-30-22/h10-12,14-15,19,22H,5-9,13H2,1-4H3,(H,23,25). The molecule has 3 rings (SSSR count). The van der Waals surface area contributed by atoms with Crippen LogP contribution in [0, 0.1) is 11.8 Å². The molecule has 8 heteroatoms. The molecule has 2 heterocycles. The summed E-state index contributed by atoms with van der Waals surface area (Å²) in [6.45, 7) is 6.32. The molecule has 0 saturated carbocycles. The molecule has 2 saturated heterocycles. The summed E-state index contributed by atoms with van der Waals surface area (Å²) in [5.41, 5.74) is 0.383. The maximum absolute atomic E-state index is 13.3. The van der Waals surface area contributed by atoms with Gasteiger partial charge in [0.05, 0.1) is 27.4 Å². The van der Waals surface area contributed by atoms with Crippen LogP contribution in [0.4, 0.5) is 0 Å². The van der Waals surface area contributed by atoms with Gasteiger partial charge in [-0.15, -0.1) is 0 Å². The van der Waals surface area contributed by atoms with Crippen molar-refractivity contribution < 1.29 is 28.5 Å². The smallest absolute Gasteiger partial charge is 0.252 e. The highest BCUT2D eigenvalue weighted by atomic mass is 16.7. The highest BCUT2D eigenvalue weighted by Gasteiger charge is 2.36. The van der Waals surface area contributed by atoms with E-state index in [4.69, 9.17) is 18.9 Å². The van der Waals surface area contributed by atoms with Crippen LogP contribution in [0.5, 0.6) is 11.5 Å². The second-order valence-electron chi connectivity index (χ2n) is 8.09. The lowest BCUT2D eigenvalue weighted by Gasteiger charge is -2.37. The summed E-state index contributed by atoms with van der Waals surface area (Å²) in [7, 11) is 3.06. The second-order valence-corrected chi connectivity index (χ2v) is 8.09. The van der Waals surface area contributed by atoms with E-state index in [2.05, 4.69) is 5.32 Å². The molecule has 0 radical (unpaired) electrons. The van der Waals surface area contributed by atoms with Crippen molar-refractivity contribution in [2.45, 2.75) is 39.0 Å². The SMILES string of the molecule is COc1cc(OC)cc(C(=O)NC(C(=O)N2CCCC(C3OCCO3)C2)C(C)C)c1. The number of methoxy groups -OCH3 is 2. The van der Waals surface area contributed by atoms with Crippen molar-refractivity contribution in [3.63, 3.8) is 0 Å². The summed E-state index contributed by atoms with van der Waals surface area (Å²) < 4.78 is 21.8. The molecule has 30 heavy (non-hydrogen) atoms. The van der Waals surface area contributed by atoms with Crippen molar-refractivity contribution in [2.24, 2.45) is 11.8 Å². The summed E-state index contributed by atoms with van der Waals surface area (Å²) in [6.07, 6.45) is 1.62. The zero-order chi connectivity index (χ0) is 21.7. The van der Waals surface area contributed by atoms with Gasteiger partial charge in [-0.1, -0.05) is 13.8 Å². The molecule has 0 aliphatic carbocycles. The van der Waals surface area contributed by atoms with Gasteiger partial charge in [-0.2, -0.15) is 0 Å². The van der Waals surface area contributed by atoms with Gasteiger partial charge in [-0.05, 0) is 30.9 Å². The molecule has 8 nitrogen and oxygen atoms in total. The Kier molecular flexibility index (Phi) is 7.55. The van der Waals surface area contributed by atoms with Crippen LogP contribution >= 0.6 is 0 Å². The average molecular weight is 421 g/mol. The summed E-state index contributed by atoms with van der Waals surface area (Å²) in [5, 5.41) is 2.91. The van der Waals surface area contributed by atoms with Crippen molar-refractivity contribution in [1.29, 1.82) is 0 Å². The van der Waals surface area contributed by atoms with E-state index in [1.807, 2.05) is 18.7 Å². The number of nitrogens with zero attached hydrogens (tertiary/aromatic N) is 1. The lowest BCUT2D eigenvalue weighted by molar-refractivity contribution is -0.142. The van der Waals surface area contributed by atoms with E-state index in [0.717, 1.165) is 12.8 Å². The Labute approximate surface area is 177 Å². The monoisotopic (exact) mass is 420 g/mol. The van der Waals surface area contributed by atoms with E-state index >= 15 is 0 Å². The van der Waals surface area contributed by atoms with Gasteiger partial charge in [0.2, 0.25) is 5.91 Å². The van der Waals surface area contributed by atoms with Crippen LogP contribution in [-0.4, -0.2) is 69.6 Å². The number of carbonyl (C=O) groups is 2. The number of nitrogens with one attached hydrogen (secondary N) is 1. The minimum absolute atomic E-state index is 0.0617. The minimum Gasteiger partial charge on any atom is -0.497 e. The van der Waals surface area contributed by atoms with Crippen molar-refractivity contribution in [2.75, 3.05) is 40.5 Å². The molecule has 0 bridgehead atoms. The van der Waals surface area contributed by atoms with Gasteiger partial charge in [0.25, 0.3) is 5.91 Å². The number of piperidine rings is 1. The summed E-state index contributed by atoms with van der Waals surface area (Å²) in [5.74, 6) is 0.723. The quantitative estimate of drug-likeness (QED) is 0.727. The molecular weight excluding hydrogens is 388 g/mol. The van der Waals surface area contributed by atoms with Crippen LogP contribution in [0.3, 0.4) is 0 Å². The maximum atomic E-state index is 13.3. The predicted octanol–water partition coefficient (Wildman–Crippen LogP) is 2.07. The van der Waals surface area contributed by atoms with Crippen LogP contribution < -0.4 is 14.8 Å². The first-order chi connectivity index (χ1) is 14.4. The van der Waals surface area contributed by atoms with Crippen LogP contribution in [0.1, 0.15) is 37.0 Å². The minimum atomic E-state index is -0.626. The van der Waals surface area contributed by atoms with Gasteiger partial charge in [0, 0.05) is 30.6 Å². The zero-order valence-corrected chi connectivity index (χ0v) is 18.2. The molecular formula is C22H32N2O6. The van der Waals surface area contributed by atoms with E-state index in [9.17, 15) is 9.59 Å². The number of benzene rings is 1. The zero-order valence-electron chi connectivity index (χ0n) is 18.2. The fourth-order valence-corrected chi connectivity index (χ4v) is 3.95. The van der Waals surface area contributed by atoms with Crippen LogP contribution in [0.25, 0.3) is 0 Å². The number of likely N-dealkylation sites (tertiary alicyclic amines) is 1. The lowest BCUT2D eigenvalue weighted by Crippen LogP contribution is -2.54. The molecule has 2 atom stereocenters. The Morgan fingerprint density at radius 2 is 1.73 bits per heavy atom. The predicted molar refractivity (Wildman–Crippen MR) is 111 cm³/mol. The van der Waals surface area contributed by atoms with Crippen molar-refractivity contribution in [1.82, 2.24) is 10.2 Å².